The van der Waals surface area contributed by atoms with Crippen molar-refractivity contribution >= 4 is 16.0 Å². The molecule has 0 aromatic carbocycles. The van der Waals surface area contributed by atoms with Gasteiger partial charge in [0.25, 0.3) is 0 Å². The van der Waals surface area contributed by atoms with E-state index in [1.54, 1.807) is 24.1 Å². The van der Waals surface area contributed by atoms with Crippen molar-refractivity contribution in [3.05, 3.63) is 30.4 Å². The summed E-state index contributed by atoms with van der Waals surface area (Å²) in [4.78, 5) is 8.00. The summed E-state index contributed by atoms with van der Waals surface area (Å²) in [6, 6.07) is 0. The molecule has 2 aromatic heterocycles. The molecule has 2 aromatic rings. The Bertz CT molecular complexity index is 680. The summed E-state index contributed by atoms with van der Waals surface area (Å²) in [6.45, 7) is 2.94. The molecule has 0 saturated carbocycles. The van der Waals surface area contributed by atoms with Crippen molar-refractivity contribution in [3.8, 4) is 0 Å². The first-order valence-corrected chi connectivity index (χ1v) is 8.02. The van der Waals surface area contributed by atoms with E-state index in [9.17, 15) is 8.42 Å². The van der Waals surface area contributed by atoms with E-state index >= 15 is 0 Å². The molecule has 2 N–H and O–H groups in total. The number of nitrogens with zero attached hydrogens (tertiary/aromatic N) is 4. The Labute approximate surface area is 123 Å². The van der Waals surface area contributed by atoms with Crippen molar-refractivity contribution < 1.29 is 8.42 Å². The highest BCUT2D eigenvalue weighted by Crippen LogP contribution is 2.08. The molecule has 0 aliphatic carbocycles. The van der Waals surface area contributed by atoms with Gasteiger partial charge in [0.05, 0.1) is 18.6 Å². The van der Waals surface area contributed by atoms with Crippen LogP contribution in [0.5, 0.6) is 0 Å². The average Bonchev–Trinajstić information content (AvgIpc) is 2.89. The molecule has 114 valence electrons. The van der Waals surface area contributed by atoms with Crippen LogP contribution in [0.15, 0.2) is 29.7 Å². The zero-order chi connectivity index (χ0) is 15.3. The molecule has 0 fully saturated rings. The Morgan fingerprint density at radius 3 is 2.52 bits per heavy atom. The third kappa shape index (κ3) is 4.23. The lowest BCUT2D eigenvalue weighted by molar-refractivity contribution is 0.580. The van der Waals surface area contributed by atoms with Crippen LogP contribution in [-0.4, -0.2) is 34.7 Å². The predicted octanol–water partition coefficient (Wildman–Crippen LogP) is 0.510. The van der Waals surface area contributed by atoms with Gasteiger partial charge in [0.2, 0.25) is 16.0 Å². The second kappa shape index (κ2) is 6.64. The van der Waals surface area contributed by atoms with Crippen LogP contribution in [0, 0.1) is 0 Å². The number of hydrogen-bond donors (Lipinski definition) is 2. The Balaban J connectivity index is 2.01. The van der Waals surface area contributed by atoms with Crippen LogP contribution in [0.4, 0.5) is 5.95 Å². The maximum atomic E-state index is 12.1. The zero-order valence-corrected chi connectivity index (χ0v) is 12.8. The lowest BCUT2D eigenvalue weighted by Crippen LogP contribution is -2.23. The highest BCUT2D eigenvalue weighted by atomic mass is 32.2. The van der Waals surface area contributed by atoms with Crippen LogP contribution >= 0.6 is 0 Å². The molecule has 0 unspecified atom stereocenters. The fourth-order valence-electron chi connectivity index (χ4n) is 1.61. The van der Waals surface area contributed by atoms with Crippen LogP contribution in [0.25, 0.3) is 0 Å². The first-order chi connectivity index (χ1) is 10.0. The minimum atomic E-state index is -3.63. The fraction of sp³-hybridized carbons (Fsp3) is 0.417. The monoisotopic (exact) mass is 310 g/mol. The third-order valence-corrected chi connectivity index (χ3v) is 4.05. The first-order valence-electron chi connectivity index (χ1n) is 6.54. The molecule has 21 heavy (non-hydrogen) atoms. The summed E-state index contributed by atoms with van der Waals surface area (Å²) in [5, 5.41) is 6.96. The summed E-state index contributed by atoms with van der Waals surface area (Å²) >= 11 is 0. The summed E-state index contributed by atoms with van der Waals surface area (Å²) < 4.78 is 28.3. The van der Waals surface area contributed by atoms with E-state index in [0.717, 1.165) is 18.5 Å². The maximum absolute atomic E-state index is 12.1. The standard InChI is InChI=1S/C12H18N6O2S/c1-3-4-13-12-14-7-11(8-15-12)21(19,20)17-6-10-5-16-18(2)9-10/h5,7-9,17H,3-4,6H2,1-2H3,(H,13,14,15). The molecule has 0 amide bonds. The number of nitrogens with one attached hydrogen (secondary N) is 2. The molecule has 0 saturated heterocycles. The van der Waals surface area contributed by atoms with E-state index in [0.29, 0.717) is 5.95 Å². The molecule has 2 rings (SSSR count). The van der Waals surface area contributed by atoms with Gasteiger partial charge >= 0.3 is 0 Å². The van der Waals surface area contributed by atoms with Crippen molar-refractivity contribution in [1.29, 1.82) is 0 Å². The predicted molar refractivity (Wildman–Crippen MR) is 78.0 cm³/mol. The van der Waals surface area contributed by atoms with Crippen molar-refractivity contribution in [2.75, 3.05) is 11.9 Å². The highest BCUT2D eigenvalue weighted by Gasteiger charge is 2.15. The SMILES string of the molecule is CCCNc1ncc(S(=O)(=O)NCc2cnn(C)c2)cn1. The van der Waals surface area contributed by atoms with Crippen molar-refractivity contribution in [2.24, 2.45) is 7.05 Å². The topological polar surface area (TPSA) is 102 Å². The van der Waals surface area contributed by atoms with Gasteiger partial charge in [-0.2, -0.15) is 5.10 Å². The van der Waals surface area contributed by atoms with E-state index in [1.807, 2.05) is 6.92 Å². The number of rotatable bonds is 7. The molecular weight excluding hydrogens is 292 g/mol. The number of aryl methyl sites for hydroxylation is 1. The van der Waals surface area contributed by atoms with Crippen LogP contribution in [0.1, 0.15) is 18.9 Å². The van der Waals surface area contributed by atoms with Crippen LogP contribution in [0.2, 0.25) is 0 Å². The summed E-state index contributed by atoms with van der Waals surface area (Å²) in [5.41, 5.74) is 0.781. The third-order valence-electron chi connectivity index (χ3n) is 2.70. The molecule has 9 heteroatoms. The molecule has 0 aliphatic heterocycles. The maximum Gasteiger partial charge on any atom is 0.243 e. The summed E-state index contributed by atoms with van der Waals surface area (Å²) in [6.07, 6.45) is 6.87. The van der Waals surface area contributed by atoms with Crippen molar-refractivity contribution in [1.82, 2.24) is 24.5 Å². The molecule has 0 atom stereocenters. The van der Waals surface area contributed by atoms with Gasteiger partial charge in [0, 0.05) is 31.9 Å². The Kier molecular flexibility index (Phi) is 4.86. The normalized spacial score (nSPS) is 11.5. The Morgan fingerprint density at radius 1 is 1.24 bits per heavy atom. The first kappa shape index (κ1) is 15.4. The molecule has 8 nitrogen and oxygen atoms in total. The quantitative estimate of drug-likeness (QED) is 0.772. The molecule has 0 aliphatic rings. The molecule has 2 heterocycles. The summed E-state index contributed by atoms with van der Waals surface area (Å²) in [7, 11) is -1.85. The van der Waals surface area contributed by atoms with Gasteiger partial charge in [-0.1, -0.05) is 6.92 Å². The van der Waals surface area contributed by atoms with E-state index in [2.05, 4.69) is 25.1 Å². The van der Waals surface area contributed by atoms with Gasteiger partial charge in [-0.15, -0.1) is 0 Å². The Hall–Kier alpha value is -2.00. The second-order valence-corrected chi connectivity index (χ2v) is 6.28. The van der Waals surface area contributed by atoms with E-state index < -0.39 is 10.0 Å². The van der Waals surface area contributed by atoms with Gasteiger partial charge in [-0.25, -0.2) is 23.1 Å². The fourth-order valence-corrected chi connectivity index (χ4v) is 2.51. The highest BCUT2D eigenvalue weighted by molar-refractivity contribution is 7.89. The second-order valence-electron chi connectivity index (χ2n) is 4.52. The Morgan fingerprint density at radius 2 is 1.95 bits per heavy atom. The van der Waals surface area contributed by atoms with Crippen LogP contribution < -0.4 is 10.0 Å². The van der Waals surface area contributed by atoms with E-state index in [1.165, 1.54) is 12.4 Å². The van der Waals surface area contributed by atoms with Gasteiger partial charge in [-0.3, -0.25) is 4.68 Å². The van der Waals surface area contributed by atoms with E-state index in [4.69, 9.17) is 0 Å². The molecule has 0 radical (unpaired) electrons. The number of hydrogen-bond acceptors (Lipinski definition) is 6. The minimum absolute atomic E-state index is 0.0356. The van der Waals surface area contributed by atoms with Crippen LogP contribution in [-0.2, 0) is 23.6 Å². The number of aromatic nitrogens is 4. The number of anilines is 1. The lowest BCUT2D eigenvalue weighted by atomic mass is 10.4. The lowest BCUT2D eigenvalue weighted by Gasteiger charge is -2.06. The average molecular weight is 310 g/mol. The summed E-state index contributed by atoms with van der Waals surface area (Å²) in [5.74, 6) is 0.419. The molecular formula is C12H18N6O2S. The molecule has 0 bridgehead atoms. The zero-order valence-electron chi connectivity index (χ0n) is 11.9. The minimum Gasteiger partial charge on any atom is -0.354 e. The molecule has 0 spiro atoms. The van der Waals surface area contributed by atoms with Gasteiger partial charge < -0.3 is 5.32 Å². The van der Waals surface area contributed by atoms with E-state index in [-0.39, 0.29) is 11.4 Å². The van der Waals surface area contributed by atoms with Gasteiger partial charge in [0.1, 0.15) is 4.90 Å². The largest absolute Gasteiger partial charge is 0.354 e. The van der Waals surface area contributed by atoms with Gasteiger partial charge in [0.15, 0.2) is 0 Å². The number of sulfonamides is 1. The van der Waals surface area contributed by atoms with Crippen LogP contribution in [0.3, 0.4) is 0 Å². The van der Waals surface area contributed by atoms with Crippen molar-refractivity contribution in [2.45, 2.75) is 24.8 Å². The smallest absolute Gasteiger partial charge is 0.243 e. The van der Waals surface area contributed by atoms with Gasteiger partial charge in [-0.05, 0) is 6.42 Å². The van der Waals surface area contributed by atoms with Crippen molar-refractivity contribution in [3.63, 3.8) is 0 Å².